The Morgan fingerprint density at radius 2 is 2.19 bits per heavy atom. The fourth-order valence-electron chi connectivity index (χ4n) is 2.14. The van der Waals surface area contributed by atoms with Gasteiger partial charge in [0.2, 0.25) is 0 Å². The maximum atomic E-state index is 5.27. The van der Waals surface area contributed by atoms with Crippen LogP contribution in [0.4, 0.5) is 0 Å². The molecule has 1 N–H and O–H groups in total. The summed E-state index contributed by atoms with van der Waals surface area (Å²) in [5.74, 6) is 2.68. The monoisotopic (exact) mass is 219 g/mol. The highest BCUT2D eigenvalue weighted by Crippen LogP contribution is 2.24. The van der Waals surface area contributed by atoms with Crippen LogP contribution in [0.2, 0.25) is 0 Å². The van der Waals surface area contributed by atoms with Crippen LogP contribution < -0.4 is 5.32 Å². The maximum absolute atomic E-state index is 5.27. The van der Waals surface area contributed by atoms with E-state index >= 15 is 0 Å². The SMILES string of the molecule is C#CCCCC(NC)c1c(C)nn(C)c1C. The van der Waals surface area contributed by atoms with E-state index in [4.69, 9.17) is 6.42 Å². The molecule has 88 valence electrons. The Hall–Kier alpha value is -1.27. The first-order chi connectivity index (χ1) is 7.61. The van der Waals surface area contributed by atoms with Gasteiger partial charge in [0, 0.05) is 30.8 Å². The van der Waals surface area contributed by atoms with Crippen molar-refractivity contribution >= 4 is 0 Å². The molecule has 0 amide bonds. The van der Waals surface area contributed by atoms with Gasteiger partial charge >= 0.3 is 0 Å². The fourth-order valence-corrected chi connectivity index (χ4v) is 2.14. The smallest absolute Gasteiger partial charge is 0.0644 e. The summed E-state index contributed by atoms with van der Waals surface area (Å²) < 4.78 is 1.94. The Kier molecular flexibility index (Phi) is 4.57. The summed E-state index contributed by atoms with van der Waals surface area (Å²) in [5.41, 5.74) is 3.67. The Labute approximate surface area is 98.2 Å². The minimum absolute atomic E-state index is 0.363. The van der Waals surface area contributed by atoms with E-state index in [2.05, 4.69) is 30.2 Å². The number of rotatable bonds is 5. The highest BCUT2D eigenvalue weighted by atomic mass is 15.3. The lowest BCUT2D eigenvalue weighted by molar-refractivity contribution is 0.527. The number of unbranched alkanes of at least 4 members (excludes halogenated alkanes) is 1. The third-order valence-electron chi connectivity index (χ3n) is 3.08. The van der Waals surface area contributed by atoms with Crippen LogP contribution in [0.25, 0.3) is 0 Å². The number of aryl methyl sites for hydroxylation is 2. The van der Waals surface area contributed by atoms with Crippen LogP contribution >= 0.6 is 0 Å². The molecule has 3 nitrogen and oxygen atoms in total. The minimum atomic E-state index is 0.363. The van der Waals surface area contributed by atoms with E-state index in [9.17, 15) is 0 Å². The molecule has 16 heavy (non-hydrogen) atoms. The lowest BCUT2D eigenvalue weighted by atomic mass is 9.99. The molecule has 0 aromatic carbocycles. The summed E-state index contributed by atoms with van der Waals surface area (Å²) in [6, 6.07) is 0.363. The van der Waals surface area contributed by atoms with Crippen LogP contribution in [0.15, 0.2) is 0 Å². The Morgan fingerprint density at radius 3 is 2.62 bits per heavy atom. The number of aromatic nitrogens is 2. The molecule has 1 aromatic rings. The third-order valence-corrected chi connectivity index (χ3v) is 3.08. The lowest BCUT2D eigenvalue weighted by Crippen LogP contribution is -2.17. The second-order valence-electron chi connectivity index (χ2n) is 4.15. The van der Waals surface area contributed by atoms with Gasteiger partial charge in [0.1, 0.15) is 0 Å². The number of nitrogens with one attached hydrogen (secondary N) is 1. The molecule has 0 bridgehead atoms. The molecule has 3 heteroatoms. The number of hydrogen-bond acceptors (Lipinski definition) is 2. The molecule has 1 rings (SSSR count). The van der Waals surface area contributed by atoms with Crippen LogP contribution in [0.3, 0.4) is 0 Å². The summed E-state index contributed by atoms with van der Waals surface area (Å²) in [5, 5.41) is 7.79. The molecule has 1 aromatic heterocycles. The predicted octanol–water partition coefficient (Wildman–Crippen LogP) is 2.10. The number of nitrogens with zero attached hydrogens (tertiary/aromatic N) is 2. The van der Waals surface area contributed by atoms with E-state index in [0.717, 1.165) is 25.0 Å². The van der Waals surface area contributed by atoms with E-state index in [1.54, 1.807) is 0 Å². The first kappa shape index (κ1) is 12.8. The van der Waals surface area contributed by atoms with Crippen molar-refractivity contribution in [1.29, 1.82) is 0 Å². The molecular formula is C13H21N3. The van der Waals surface area contributed by atoms with Crippen LogP contribution in [0.5, 0.6) is 0 Å². The van der Waals surface area contributed by atoms with Gasteiger partial charge < -0.3 is 5.32 Å². The molecule has 0 radical (unpaired) electrons. The Morgan fingerprint density at radius 1 is 1.50 bits per heavy atom. The molecule has 0 aliphatic rings. The van der Waals surface area contributed by atoms with Gasteiger partial charge in [0.05, 0.1) is 5.69 Å². The molecule has 0 saturated carbocycles. The molecule has 1 unspecified atom stereocenters. The summed E-state index contributed by atoms with van der Waals surface area (Å²) in [6.07, 6.45) is 8.23. The van der Waals surface area contributed by atoms with Gasteiger partial charge in [0.15, 0.2) is 0 Å². The summed E-state index contributed by atoms with van der Waals surface area (Å²) in [4.78, 5) is 0. The van der Waals surface area contributed by atoms with Crippen molar-refractivity contribution in [2.45, 2.75) is 39.2 Å². The molecule has 0 saturated heterocycles. The van der Waals surface area contributed by atoms with Crippen molar-refractivity contribution < 1.29 is 0 Å². The predicted molar refractivity (Wildman–Crippen MR) is 67.2 cm³/mol. The summed E-state index contributed by atoms with van der Waals surface area (Å²) in [6.45, 7) is 4.18. The standard InChI is InChI=1S/C13H21N3/c1-6-7-8-9-12(14-4)13-10(2)15-16(5)11(13)3/h1,12,14H,7-9H2,2-5H3. The average Bonchev–Trinajstić information content (AvgIpc) is 2.50. The molecule has 0 fully saturated rings. The quantitative estimate of drug-likeness (QED) is 0.607. The Balaban J connectivity index is 2.83. The molecule has 1 heterocycles. The Bertz CT molecular complexity index is 385. The van der Waals surface area contributed by atoms with Crippen molar-refractivity contribution in [1.82, 2.24) is 15.1 Å². The van der Waals surface area contributed by atoms with Crippen LogP contribution in [0.1, 0.15) is 42.3 Å². The van der Waals surface area contributed by atoms with E-state index < -0.39 is 0 Å². The lowest BCUT2D eigenvalue weighted by Gasteiger charge is -2.16. The molecule has 1 atom stereocenters. The highest BCUT2D eigenvalue weighted by Gasteiger charge is 2.17. The van der Waals surface area contributed by atoms with Crippen molar-refractivity contribution in [2.24, 2.45) is 7.05 Å². The van der Waals surface area contributed by atoms with Gasteiger partial charge in [-0.05, 0) is 33.7 Å². The van der Waals surface area contributed by atoms with Crippen molar-refractivity contribution in [2.75, 3.05) is 7.05 Å². The van der Waals surface area contributed by atoms with E-state index in [1.165, 1.54) is 11.3 Å². The number of hydrogen-bond donors (Lipinski definition) is 1. The van der Waals surface area contributed by atoms with Gasteiger partial charge in [-0.15, -0.1) is 12.3 Å². The van der Waals surface area contributed by atoms with Crippen molar-refractivity contribution in [3.8, 4) is 12.3 Å². The zero-order chi connectivity index (χ0) is 12.1. The molecule has 0 aliphatic carbocycles. The molecular weight excluding hydrogens is 198 g/mol. The van der Waals surface area contributed by atoms with Gasteiger partial charge in [-0.2, -0.15) is 5.10 Å². The summed E-state index contributed by atoms with van der Waals surface area (Å²) >= 11 is 0. The van der Waals surface area contributed by atoms with E-state index in [-0.39, 0.29) is 0 Å². The molecule has 0 aliphatic heterocycles. The van der Waals surface area contributed by atoms with Crippen LogP contribution in [-0.4, -0.2) is 16.8 Å². The van der Waals surface area contributed by atoms with Crippen LogP contribution in [0, 0.1) is 26.2 Å². The van der Waals surface area contributed by atoms with E-state index in [0.29, 0.717) is 6.04 Å². The first-order valence-corrected chi connectivity index (χ1v) is 5.72. The topological polar surface area (TPSA) is 29.9 Å². The second-order valence-corrected chi connectivity index (χ2v) is 4.15. The third kappa shape index (κ3) is 2.65. The first-order valence-electron chi connectivity index (χ1n) is 5.72. The van der Waals surface area contributed by atoms with Crippen LogP contribution in [-0.2, 0) is 7.05 Å². The fraction of sp³-hybridized carbons (Fsp3) is 0.615. The van der Waals surface area contributed by atoms with Gasteiger partial charge in [-0.3, -0.25) is 4.68 Å². The van der Waals surface area contributed by atoms with Gasteiger partial charge in [-0.1, -0.05) is 0 Å². The molecule has 0 spiro atoms. The van der Waals surface area contributed by atoms with Gasteiger partial charge in [0.25, 0.3) is 0 Å². The van der Waals surface area contributed by atoms with Crippen molar-refractivity contribution in [3.05, 3.63) is 17.0 Å². The maximum Gasteiger partial charge on any atom is 0.0644 e. The van der Waals surface area contributed by atoms with E-state index in [1.807, 2.05) is 18.8 Å². The van der Waals surface area contributed by atoms with Crippen molar-refractivity contribution in [3.63, 3.8) is 0 Å². The number of terminal acetylenes is 1. The zero-order valence-electron chi connectivity index (χ0n) is 10.7. The summed E-state index contributed by atoms with van der Waals surface area (Å²) in [7, 11) is 3.98. The average molecular weight is 219 g/mol. The minimum Gasteiger partial charge on any atom is -0.313 e. The largest absolute Gasteiger partial charge is 0.313 e. The second kappa shape index (κ2) is 5.72. The normalized spacial score (nSPS) is 12.4. The zero-order valence-corrected chi connectivity index (χ0v) is 10.7. The van der Waals surface area contributed by atoms with Gasteiger partial charge in [-0.25, -0.2) is 0 Å². The highest BCUT2D eigenvalue weighted by molar-refractivity contribution is 5.28.